The number of rotatable bonds is 5. The highest BCUT2D eigenvalue weighted by molar-refractivity contribution is 9.10. The van der Waals surface area contributed by atoms with Gasteiger partial charge in [-0.3, -0.25) is 4.79 Å². The second kappa shape index (κ2) is 6.58. The van der Waals surface area contributed by atoms with Crippen LogP contribution >= 0.6 is 15.9 Å². The number of nitrogens with two attached hydrogens (primary N) is 1. The lowest BCUT2D eigenvalue weighted by molar-refractivity contribution is -0.128. The van der Waals surface area contributed by atoms with Gasteiger partial charge in [0.1, 0.15) is 5.82 Å². The van der Waals surface area contributed by atoms with E-state index in [2.05, 4.69) is 15.9 Å². The van der Waals surface area contributed by atoms with E-state index in [1.807, 2.05) is 0 Å². The molecule has 2 N–H and O–H groups in total. The molecule has 0 aliphatic carbocycles. The number of nitrogen functional groups attached to an aromatic ring is 1. The predicted molar refractivity (Wildman–Crippen MR) is 71.9 cm³/mol. The number of carbonyl (C=O) groups is 1. The SMILES string of the molecule is CN(C)C(=O)CCCOc1c(N)cc(F)cc1Br. The minimum atomic E-state index is -0.422. The Balaban J connectivity index is 2.47. The van der Waals surface area contributed by atoms with Crippen molar-refractivity contribution in [3.05, 3.63) is 22.4 Å². The zero-order chi connectivity index (χ0) is 13.7. The van der Waals surface area contributed by atoms with Crippen LogP contribution in [0, 0.1) is 5.82 Å². The lowest BCUT2D eigenvalue weighted by Gasteiger charge is -2.12. The van der Waals surface area contributed by atoms with Crippen LogP contribution in [0.3, 0.4) is 0 Å². The highest BCUT2D eigenvalue weighted by atomic mass is 79.9. The molecule has 1 aromatic rings. The van der Waals surface area contributed by atoms with Crippen molar-refractivity contribution in [3.8, 4) is 5.75 Å². The summed E-state index contributed by atoms with van der Waals surface area (Å²) in [6.07, 6.45) is 0.992. The standard InChI is InChI=1S/C12H16BrFN2O2/c1-16(2)11(17)4-3-5-18-12-9(13)6-8(14)7-10(12)15/h6-7H,3-5,15H2,1-2H3. The fraction of sp³-hybridized carbons (Fsp3) is 0.417. The van der Waals surface area contributed by atoms with Gasteiger partial charge in [-0.1, -0.05) is 0 Å². The first-order valence-electron chi connectivity index (χ1n) is 5.49. The Morgan fingerprint density at radius 3 is 2.72 bits per heavy atom. The van der Waals surface area contributed by atoms with E-state index in [4.69, 9.17) is 10.5 Å². The maximum Gasteiger partial charge on any atom is 0.222 e. The molecule has 0 atom stereocenters. The summed E-state index contributed by atoms with van der Waals surface area (Å²) in [4.78, 5) is 12.8. The molecule has 0 bridgehead atoms. The smallest absolute Gasteiger partial charge is 0.222 e. The van der Waals surface area contributed by atoms with E-state index < -0.39 is 5.82 Å². The number of halogens is 2. The summed E-state index contributed by atoms with van der Waals surface area (Å²) in [5, 5.41) is 0. The monoisotopic (exact) mass is 318 g/mol. The van der Waals surface area contributed by atoms with Crippen molar-refractivity contribution < 1.29 is 13.9 Å². The normalized spacial score (nSPS) is 10.2. The minimum Gasteiger partial charge on any atom is -0.490 e. The van der Waals surface area contributed by atoms with E-state index >= 15 is 0 Å². The molecule has 0 radical (unpaired) electrons. The van der Waals surface area contributed by atoms with Gasteiger partial charge in [0.05, 0.1) is 16.8 Å². The van der Waals surface area contributed by atoms with Crippen LogP contribution in [0.5, 0.6) is 5.75 Å². The molecule has 0 aromatic heterocycles. The number of anilines is 1. The average Bonchev–Trinajstić information content (AvgIpc) is 2.26. The first kappa shape index (κ1) is 14.8. The van der Waals surface area contributed by atoms with Crippen LogP contribution in [-0.4, -0.2) is 31.5 Å². The zero-order valence-corrected chi connectivity index (χ0v) is 12.0. The third-order valence-electron chi connectivity index (χ3n) is 2.32. The molecule has 0 aliphatic heterocycles. The quantitative estimate of drug-likeness (QED) is 0.670. The van der Waals surface area contributed by atoms with Gasteiger partial charge < -0.3 is 15.4 Å². The zero-order valence-electron chi connectivity index (χ0n) is 10.4. The third kappa shape index (κ3) is 4.18. The summed E-state index contributed by atoms with van der Waals surface area (Å²) in [6, 6.07) is 2.49. The summed E-state index contributed by atoms with van der Waals surface area (Å²) in [7, 11) is 3.41. The Labute approximate surface area is 114 Å². The average molecular weight is 319 g/mol. The lowest BCUT2D eigenvalue weighted by Crippen LogP contribution is -2.21. The van der Waals surface area contributed by atoms with Gasteiger partial charge in [0.2, 0.25) is 5.91 Å². The molecule has 0 unspecified atom stereocenters. The largest absolute Gasteiger partial charge is 0.490 e. The Hall–Kier alpha value is -1.30. The van der Waals surface area contributed by atoms with E-state index in [1.165, 1.54) is 17.0 Å². The van der Waals surface area contributed by atoms with Crippen molar-refractivity contribution in [2.24, 2.45) is 0 Å². The number of amides is 1. The highest BCUT2D eigenvalue weighted by Gasteiger charge is 2.09. The van der Waals surface area contributed by atoms with Gasteiger partial charge in [-0.05, 0) is 28.4 Å². The molecule has 1 rings (SSSR count). The molecular formula is C12H16BrFN2O2. The second-order valence-corrected chi connectivity index (χ2v) is 4.90. The van der Waals surface area contributed by atoms with Gasteiger partial charge in [0.15, 0.2) is 5.75 Å². The molecule has 0 saturated heterocycles. The molecule has 6 heteroatoms. The fourth-order valence-electron chi connectivity index (χ4n) is 1.35. The Morgan fingerprint density at radius 1 is 1.50 bits per heavy atom. The first-order chi connectivity index (χ1) is 8.41. The summed E-state index contributed by atoms with van der Waals surface area (Å²) < 4.78 is 18.9. The van der Waals surface area contributed by atoms with Gasteiger partial charge in [-0.25, -0.2) is 4.39 Å². The number of hydrogen-bond donors (Lipinski definition) is 1. The van der Waals surface area contributed by atoms with Crippen LogP contribution in [-0.2, 0) is 4.79 Å². The van der Waals surface area contributed by atoms with Crippen LogP contribution in [0.15, 0.2) is 16.6 Å². The maximum atomic E-state index is 13.0. The summed E-state index contributed by atoms with van der Waals surface area (Å²) in [5.74, 6) is 0.0351. The Morgan fingerprint density at radius 2 is 2.17 bits per heavy atom. The van der Waals surface area contributed by atoms with Gasteiger partial charge in [-0.15, -0.1) is 0 Å². The number of hydrogen-bond acceptors (Lipinski definition) is 3. The molecule has 1 amide bonds. The summed E-state index contributed by atoms with van der Waals surface area (Å²) in [6.45, 7) is 0.355. The van der Waals surface area contributed by atoms with E-state index in [-0.39, 0.29) is 11.6 Å². The van der Waals surface area contributed by atoms with Crippen LogP contribution in [0.2, 0.25) is 0 Å². The minimum absolute atomic E-state index is 0.0461. The van der Waals surface area contributed by atoms with E-state index in [0.29, 0.717) is 29.7 Å². The van der Waals surface area contributed by atoms with Crippen molar-refractivity contribution in [2.75, 3.05) is 26.4 Å². The molecular weight excluding hydrogens is 303 g/mol. The van der Waals surface area contributed by atoms with E-state index in [9.17, 15) is 9.18 Å². The van der Waals surface area contributed by atoms with Crippen LogP contribution < -0.4 is 10.5 Å². The van der Waals surface area contributed by atoms with Crippen LogP contribution in [0.25, 0.3) is 0 Å². The van der Waals surface area contributed by atoms with Gasteiger partial charge >= 0.3 is 0 Å². The Kier molecular flexibility index (Phi) is 5.40. The molecule has 0 spiro atoms. The first-order valence-corrected chi connectivity index (χ1v) is 6.28. The number of benzene rings is 1. The molecule has 0 saturated carbocycles. The summed E-state index contributed by atoms with van der Waals surface area (Å²) in [5.41, 5.74) is 5.88. The second-order valence-electron chi connectivity index (χ2n) is 4.05. The molecule has 4 nitrogen and oxygen atoms in total. The fourth-order valence-corrected chi connectivity index (χ4v) is 1.92. The molecule has 0 fully saturated rings. The van der Waals surface area contributed by atoms with E-state index in [0.717, 1.165) is 0 Å². The predicted octanol–water partition coefficient (Wildman–Crippen LogP) is 2.42. The number of nitrogens with zero attached hydrogens (tertiary/aromatic N) is 1. The van der Waals surface area contributed by atoms with Gasteiger partial charge in [0.25, 0.3) is 0 Å². The van der Waals surface area contributed by atoms with Crippen molar-refractivity contribution in [1.29, 1.82) is 0 Å². The van der Waals surface area contributed by atoms with Crippen LogP contribution in [0.4, 0.5) is 10.1 Å². The maximum absolute atomic E-state index is 13.0. The van der Waals surface area contributed by atoms with Gasteiger partial charge in [0, 0.05) is 26.6 Å². The molecule has 0 aliphatic rings. The molecule has 0 heterocycles. The van der Waals surface area contributed by atoms with Crippen molar-refractivity contribution in [2.45, 2.75) is 12.8 Å². The molecule has 100 valence electrons. The van der Waals surface area contributed by atoms with Crippen molar-refractivity contribution >= 4 is 27.5 Å². The van der Waals surface area contributed by atoms with Crippen LogP contribution in [0.1, 0.15) is 12.8 Å². The third-order valence-corrected chi connectivity index (χ3v) is 2.91. The number of ether oxygens (including phenoxy) is 1. The molecule has 1 aromatic carbocycles. The van der Waals surface area contributed by atoms with E-state index in [1.54, 1.807) is 14.1 Å². The Bertz CT molecular complexity index is 415. The lowest BCUT2D eigenvalue weighted by atomic mass is 10.3. The number of carbonyl (C=O) groups excluding carboxylic acids is 1. The summed E-state index contributed by atoms with van der Waals surface area (Å²) >= 11 is 3.18. The van der Waals surface area contributed by atoms with Crippen molar-refractivity contribution in [1.82, 2.24) is 4.90 Å². The molecule has 18 heavy (non-hydrogen) atoms. The van der Waals surface area contributed by atoms with Gasteiger partial charge in [-0.2, -0.15) is 0 Å². The topological polar surface area (TPSA) is 55.6 Å². The highest BCUT2D eigenvalue weighted by Crippen LogP contribution is 2.32. The van der Waals surface area contributed by atoms with Crippen molar-refractivity contribution in [3.63, 3.8) is 0 Å².